The molecule has 0 unspecified atom stereocenters. The average Bonchev–Trinajstić information content (AvgIpc) is 2.73. The highest BCUT2D eigenvalue weighted by Gasteiger charge is 2.25. The van der Waals surface area contributed by atoms with Crippen LogP contribution in [0.4, 0.5) is 0 Å². The summed E-state index contributed by atoms with van der Waals surface area (Å²) in [4.78, 5) is 16.8. The summed E-state index contributed by atoms with van der Waals surface area (Å²) < 4.78 is 32.7. The van der Waals surface area contributed by atoms with Gasteiger partial charge in [0.25, 0.3) is 5.91 Å². The largest absolute Gasteiger partial charge is 0.475 e. The molecule has 0 atom stereocenters. The van der Waals surface area contributed by atoms with Crippen LogP contribution in [0.25, 0.3) is 0 Å². The van der Waals surface area contributed by atoms with E-state index in [9.17, 15) is 13.2 Å². The maximum atomic E-state index is 12.8. The lowest BCUT2D eigenvalue weighted by atomic mass is 10.2. The van der Waals surface area contributed by atoms with Crippen LogP contribution < -0.4 is 10.1 Å². The lowest BCUT2D eigenvalue weighted by molar-refractivity contribution is 0.0950. The summed E-state index contributed by atoms with van der Waals surface area (Å²) in [6, 6.07) is 10.0. The van der Waals surface area contributed by atoms with Crippen LogP contribution in [0.5, 0.6) is 5.88 Å². The number of nitrogens with zero attached hydrogens (tertiary/aromatic N) is 2. The number of hydrogen-bond acceptors (Lipinski definition) is 5. The number of amides is 1. The van der Waals surface area contributed by atoms with E-state index < -0.39 is 10.0 Å². The zero-order valence-electron chi connectivity index (χ0n) is 16.8. The Balaban J connectivity index is 1.63. The molecule has 1 aliphatic rings. The van der Waals surface area contributed by atoms with E-state index in [1.54, 1.807) is 40.7 Å². The maximum absolute atomic E-state index is 12.8. The summed E-state index contributed by atoms with van der Waals surface area (Å²) >= 11 is 0. The second-order valence-electron chi connectivity index (χ2n) is 7.35. The van der Waals surface area contributed by atoms with Crippen LogP contribution in [-0.4, -0.2) is 42.8 Å². The van der Waals surface area contributed by atoms with Crippen molar-refractivity contribution >= 4 is 15.9 Å². The van der Waals surface area contributed by atoms with E-state index >= 15 is 0 Å². The van der Waals surface area contributed by atoms with E-state index in [1.165, 1.54) is 6.20 Å². The lowest BCUT2D eigenvalue weighted by Crippen LogP contribution is -2.35. The SMILES string of the molecule is CC(C)Oc1ccc(C(=O)NCc2cccc(S(=O)(=O)N3CCCCC3)c2)cn1. The fourth-order valence-electron chi connectivity index (χ4n) is 3.18. The van der Waals surface area contributed by atoms with Crippen molar-refractivity contribution in [1.82, 2.24) is 14.6 Å². The predicted molar refractivity (Wildman–Crippen MR) is 110 cm³/mol. The van der Waals surface area contributed by atoms with Gasteiger partial charge in [-0.05, 0) is 50.5 Å². The molecule has 2 heterocycles. The summed E-state index contributed by atoms with van der Waals surface area (Å²) in [5, 5.41) is 2.81. The van der Waals surface area contributed by atoms with Crippen molar-refractivity contribution in [3.63, 3.8) is 0 Å². The highest BCUT2D eigenvalue weighted by atomic mass is 32.2. The van der Waals surface area contributed by atoms with E-state index in [1.807, 2.05) is 13.8 Å². The van der Waals surface area contributed by atoms with Crippen LogP contribution in [0.15, 0.2) is 47.5 Å². The van der Waals surface area contributed by atoms with Crippen molar-refractivity contribution in [2.75, 3.05) is 13.1 Å². The lowest BCUT2D eigenvalue weighted by Gasteiger charge is -2.26. The zero-order chi connectivity index (χ0) is 20.9. The molecule has 1 aliphatic heterocycles. The Bertz CT molecular complexity index is 937. The summed E-state index contributed by atoms with van der Waals surface area (Å²) in [5.41, 5.74) is 1.14. The third-order valence-corrected chi connectivity index (χ3v) is 6.55. The molecule has 1 aromatic heterocycles. The molecule has 0 bridgehead atoms. The average molecular weight is 418 g/mol. The Kier molecular flexibility index (Phi) is 6.87. The van der Waals surface area contributed by atoms with E-state index in [2.05, 4.69) is 10.3 Å². The normalized spacial score (nSPS) is 15.3. The van der Waals surface area contributed by atoms with Gasteiger partial charge in [-0.3, -0.25) is 4.79 Å². The first-order valence-electron chi connectivity index (χ1n) is 9.86. The molecule has 2 aromatic rings. The summed E-state index contributed by atoms with van der Waals surface area (Å²) in [6.07, 6.45) is 4.33. The molecule has 0 saturated carbocycles. The Morgan fingerprint density at radius 3 is 2.59 bits per heavy atom. The van der Waals surface area contributed by atoms with Gasteiger partial charge in [0, 0.05) is 31.9 Å². The number of benzene rings is 1. The monoisotopic (exact) mass is 417 g/mol. The van der Waals surface area contributed by atoms with Crippen molar-refractivity contribution < 1.29 is 17.9 Å². The number of aromatic nitrogens is 1. The van der Waals surface area contributed by atoms with Crippen LogP contribution in [0.2, 0.25) is 0 Å². The Labute approximate surface area is 172 Å². The van der Waals surface area contributed by atoms with E-state index in [0.29, 0.717) is 24.5 Å². The minimum atomic E-state index is -3.49. The Morgan fingerprint density at radius 2 is 1.93 bits per heavy atom. The van der Waals surface area contributed by atoms with Gasteiger partial charge in [0.15, 0.2) is 0 Å². The minimum absolute atomic E-state index is 0.00988. The fraction of sp³-hybridized carbons (Fsp3) is 0.429. The molecule has 1 aromatic carbocycles. The molecular formula is C21H27N3O4S. The van der Waals surface area contributed by atoms with Gasteiger partial charge in [-0.2, -0.15) is 4.31 Å². The molecule has 1 N–H and O–H groups in total. The number of rotatable bonds is 7. The zero-order valence-corrected chi connectivity index (χ0v) is 17.6. The summed E-state index contributed by atoms with van der Waals surface area (Å²) in [7, 11) is -3.49. The molecule has 156 valence electrons. The summed E-state index contributed by atoms with van der Waals surface area (Å²) in [5.74, 6) is 0.185. The fourth-order valence-corrected chi connectivity index (χ4v) is 4.77. The Hall–Kier alpha value is -2.45. The number of pyridine rings is 1. The number of nitrogens with one attached hydrogen (secondary N) is 1. The molecule has 29 heavy (non-hydrogen) atoms. The van der Waals surface area contributed by atoms with Gasteiger partial charge in [0.2, 0.25) is 15.9 Å². The first-order valence-corrected chi connectivity index (χ1v) is 11.3. The van der Waals surface area contributed by atoms with Gasteiger partial charge in [-0.15, -0.1) is 0 Å². The van der Waals surface area contributed by atoms with E-state index in [-0.39, 0.29) is 23.5 Å². The molecule has 8 heteroatoms. The van der Waals surface area contributed by atoms with Crippen molar-refractivity contribution in [3.8, 4) is 5.88 Å². The third-order valence-electron chi connectivity index (χ3n) is 4.66. The van der Waals surface area contributed by atoms with Gasteiger partial charge in [-0.25, -0.2) is 13.4 Å². The predicted octanol–water partition coefficient (Wildman–Crippen LogP) is 2.97. The standard InChI is InChI=1S/C21H27N3O4S/c1-16(2)28-20-10-9-18(15-22-20)21(25)23-14-17-7-6-8-19(13-17)29(26,27)24-11-4-3-5-12-24/h6-10,13,15-16H,3-5,11-12,14H2,1-2H3,(H,23,25). The van der Waals surface area contributed by atoms with Crippen LogP contribution >= 0.6 is 0 Å². The van der Waals surface area contributed by atoms with Gasteiger partial charge in [0.05, 0.1) is 16.6 Å². The Morgan fingerprint density at radius 1 is 1.17 bits per heavy atom. The first kappa shape index (κ1) is 21.3. The number of piperidine rings is 1. The van der Waals surface area contributed by atoms with Gasteiger partial charge >= 0.3 is 0 Å². The van der Waals surface area contributed by atoms with Crippen LogP contribution in [-0.2, 0) is 16.6 Å². The molecule has 0 radical (unpaired) electrons. The number of sulfonamides is 1. The molecule has 0 spiro atoms. The number of hydrogen-bond donors (Lipinski definition) is 1. The van der Waals surface area contributed by atoms with E-state index in [4.69, 9.17) is 4.74 Å². The van der Waals surface area contributed by atoms with Crippen molar-refractivity contribution in [3.05, 3.63) is 53.7 Å². The second-order valence-corrected chi connectivity index (χ2v) is 9.28. The molecule has 1 saturated heterocycles. The number of carbonyl (C=O) groups is 1. The van der Waals surface area contributed by atoms with Crippen molar-refractivity contribution in [2.24, 2.45) is 0 Å². The number of carbonyl (C=O) groups excluding carboxylic acids is 1. The quantitative estimate of drug-likeness (QED) is 0.748. The molecular weight excluding hydrogens is 390 g/mol. The highest BCUT2D eigenvalue weighted by molar-refractivity contribution is 7.89. The van der Waals surface area contributed by atoms with Gasteiger partial charge in [-0.1, -0.05) is 18.6 Å². The molecule has 1 fully saturated rings. The first-order chi connectivity index (χ1) is 13.9. The highest BCUT2D eigenvalue weighted by Crippen LogP contribution is 2.21. The molecule has 0 aliphatic carbocycles. The number of ether oxygens (including phenoxy) is 1. The minimum Gasteiger partial charge on any atom is -0.475 e. The van der Waals surface area contributed by atoms with Crippen LogP contribution in [0.3, 0.4) is 0 Å². The van der Waals surface area contributed by atoms with Crippen LogP contribution in [0, 0.1) is 0 Å². The summed E-state index contributed by atoms with van der Waals surface area (Å²) in [6.45, 7) is 5.16. The van der Waals surface area contributed by atoms with Gasteiger partial charge < -0.3 is 10.1 Å². The van der Waals surface area contributed by atoms with E-state index in [0.717, 1.165) is 24.8 Å². The second kappa shape index (κ2) is 9.37. The third kappa shape index (κ3) is 5.55. The van der Waals surface area contributed by atoms with Crippen molar-refractivity contribution in [1.29, 1.82) is 0 Å². The topological polar surface area (TPSA) is 88.6 Å². The smallest absolute Gasteiger partial charge is 0.253 e. The van der Waals surface area contributed by atoms with Crippen LogP contribution in [0.1, 0.15) is 49.0 Å². The molecule has 1 amide bonds. The van der Waals surface area contributed by atoms with Gasteiger partial charge in [0.1, 0.15) is 0 Å². The maximum Gasteiger partial charge on any atom is 0.253 e. The molecule has 3 rings (SSSR count). The molecule has 7 nitrogen and oxygen atoms in total. The van der Waals surface area contributed by atoms with Crippen molar-refractivity contribution in [2.45, 2.75) is 50.7 Å².